The molecular formula is C11H22N2O3. The first kappa shape index (κ1) is 13.4. The van der Waals surface area contributed by atoms with E-state index in [4.69, 9.17) is 15.2 Å². The highest BCUT2D eigenvalue weighted by atomic mass is 16.5. The molecule has 0 aromatic heterocycles. The van der Waals surface area contributed by atoms with Crippen molar-refractivity contribution in [1.82, 2.24) is 4.90 Å². The maximum atomic E-state index is 11.5. The van der Waals surface area contributed by atoms with Gasteiger partial charge < -0.3 is 15.2 Å². The Bertz CT molecular complexity index is 233. The number of likely N-dealkylation sites (N-methyl/N-ethyl adjacent to an activating group) is 1. The van der Waals surface area contributed by atoms with E-state index in [1.165, 1.54) is 0 Å². The first-order valence-corrected chi connectivity index (χ1v) is 5.72. The van der Waals surface area contributed by atoms with Gasteiger partial charge in [-0.1, -0.05) is 13.8 Å². The number of esters is 1. The lowest BCUT2D eigenvalue weighted by Gasteiger charge is -2.32. The molecule has 0 radical (unpaired) electrons. The first-order valence-electron chi connectivity index (χ1n) is 5.72. The van der Waals surface area contributed by atoms with Crippen LogP contribution in [0, 0.1) is 5.92 Å². The summed E-state index contributed by atoms with van der Waals surface area (Å²) in [6.07, 6.45) is 0. The molecule has 94 valence electrons. The third-order valence-electron chi connectivity index (χ3n) is 2.93. The first-order chi connectivity index (χ1) is 7.52. The summed E-state index contributed by atoms with van der Waals surface area (Å²) in [6.45, 7) is 6.39. The van der Waals surface area contributed by atoms with Crippen LogP contribution in [0.4, 0.5) is 0 Å². The van der Waals surface area contributed by atoms with Crippen molar-refractivity contribution in [2.45, 2.75) is 25.9 Å². The Morgan fingerprint density at radius 2 is 2.31 bits per heavy atom. The Labute approximate surface area is 96.9 Å². The zero-order valence-corrected chi connectivity index (χ0v) is 10.3. The third kappa shape index (κ3) is 3.73. The highest BCUT2D eigenvalue weighted by Crippen LogP contribution is 2.06. The molecule has 1 rings (SSSR count). The van der Waals surface area contributed by atoms with Crippen LogP contribution in [0.25, 0.3) is 0 Å². The zero-order valence-electron chi connectivity index (χ0n) is 10.3. The van der Waals surface area contributed by atoms with E-state index in [2.05, 4.69) is 4.90 Å². The quantitative estimate of drug-likeness (QED) is 0.680. The molecule has 0 aromatic carbocycles. The van der Waals surface area contributed by atoms with Gasteiger partial charge in [0.2, 0.25) is 0 Å². The van der Waals surface area contributed by atoms with E-state index < -0.39 is 6.04 Å². The molecule has 5 heteroatoms. The van der Waals surface area contributed by atoms with Gasteiger partial charge in [0.25, 0.3) is 0 Å². The lowest BCUT2D eigenvalue weighted by atomic mass is 10.1. The monoisotopic (exact) mass is 230 g/mol. The van der Waals surface area contributed by atoms with Gasteiger partial charge in [-0.25, -0.2) is 0 Å². The van der Waals surface area contributed by atoms with Crippen LogP contribution >= 0.6 is 0 Å². The lowest BCUT2D eigenvalue weighted by molar-refractivity contribution is -0.149. The minimum Gasteiger partial charge on any atom is -0.463 e. The van der Waals surface area contributed by atoms with Crippen molar-refractivity contribution in [2.24, 2.45) is 11.7 Å². The van der Waals surface area contributed by atoms with Crippen molar-refractivity contribution < 1.29 is 14.3 Å². The predicted molar refractivity (Wildman–Crippen MR) is 61.0 cm³/mol. The van der Waals surface area contributed by atoms with Crippen LogP contribution in [0.1, 0.15) is 13.8 Å². The predicted octanol–water partition coefficient (Wildman–Crippen LogP) is -0.156. The van der Waals surface area contributed by atoms with Crippen molar-refractivity contribution in [1.29, 1.82) is 0 Å². The van der Waals surface area contributed by atoms with Crippen LogP contribution in [0.5, 0.6) is 0 Å². The van der Waals surface area contributed by atoms with Gasteiger partial charge >= 0.3 is 5.97 Å². The maximum absolute atomic E-state index is 11.5. The number of rotatable bonds is 4. The number of hydrogen-bond acceptors (Lipinski definition) is 5. The summed E-state index contributed by atoms with van der Waals surface area (Å²) in [7, 11) is 2.00. The third-order valence-corrected chi connectivity index (χ3v) is 2.93. The molecule has 5 nitrogen and oxygen atoms in total. The highest BCUT2D eigenvalue weighted by molar-refractivity contribution is 5.75. The molecule has 0 aromatic rings. The molecule has 0 unspecified atom stereocenters. The summed E-state index contributed by atoms with van der Waals surface area (Å²) in [6, 6.07) is -0.383. The number of nitrogens with zero attached hydrogens (tertiary/aromatic N) is 1. The van der Waals surface area contributed by atoms with Gasteiger partial charge in [-0.3, -0.25) is 9.69 Å². The Hall–Kier alpha value is -0.650. The molecule has 1 saturated heterocycles. The lowest BCUT2D eigenvalue weighted by Crippen LogP contribution is -2.47. The van der Waals surface area contributed by atoms with Crippen LogP contribution < -0.4 is 5.73 Å². The summed E-state index contributed by atoms with van der Waals surface area (Å²) in [5.41, 5.74) is 5.69. The number of carbonyl (C=O) groups excluding carboxylic acids is 1. The van der Waals surface area contributed by atoms with E-state index in [0.717, 1.165) is 13.2 Å². The van der Waals surface area contributed by atoms with Gasteiger partial charge in [-0.05, 0) is 13.0 Å². The van der Waals surface area contributed by atoms with Gasteiger partial charge in [-0.2, -0.15) is 0 Å². The molecule has 1 aliphatic rings. The van der Waals surface area contributed by atoms with Crippen molar-refractivity contribution in [3.63, 3.8) is 0 Å². The van der Waals surface area contributed by atoms with Gasteiger partial charge in [0.05, 0.1) is 19.3 Å². The van der Waals surface area contributed by atoms with Crippen molar-refractivity contribution in [3.8, 4) is 0 Å². The number of nitrogens with two attached hydrogens (primary N) is 1. The minimum absolute atomic E-state index is 0.104. The molecule has 1 heterocycles. The summed E-state index contributed by atoms with van der Waals surface area (Å²) in [5.74, 6) is -0.221. The summed E-state index contributed by atoms with van der Waals surface area (Å²) in [5, 5.41) is 0. The second kappa shape index (κ2) is 6.18. The molecule has 0 amide bonds. The molecule has 2 atom stereocenters. The standard InChI is InChI=1S/C11H22N2O3/c1-8(2)10(12)11(14)16-7-9-6-15-5-4-13(9)3/h8-10H,4-7,12H2,1-3H3/t9-,10-/m0/s1. The fraction of sp³-hybridized carbons (Fsp3) is 0.909. The van der Waals surface area contributed by atoms with Gasteiger partial charge in [0, 0.05) is 6.54 Å². The molecule has 16 heavy (non-hydrogen) atoms. The van der Waals surface area contributed by atoms with E-state index in [1.54, 1.807) is 0 Å². The Kier molecular flexibility index (Phi) is 5.18. The van der Waals surface area contributed by atoms with Gasteiger partial charge in [0.1, 0.15) is 12.6 Å². The van der Waals surface area contributed by atoms with Crippen LogP contribution in [-0.4, -0.2) is 56.4 Å². The largest absolute Gasteiger partial charge is 0.463 e. The normalized spacial score (nSPS) is 24.4. The van der Waals surface area contributed by atoms with E-state index in [1.807, 2.05) is 20.9 Å². The maximum Gasteiger partial charge on any atom is 0.323 e. The SMILES string of the molecule is CC(C)[C@H](N)C(=O)OC[C@@H]1COCCN1C. The number of morpholine rings is 1. The number of hydrogen-bond donors (Lipinski definition) is 1. The fourth-order valence-corrected chi connectivity index (χ4v) is 1.46. The van der Waals surface area contributed by atoms with E-state index >= 15 is 0 Å². The van der Waals surface area contributed by atoms with Gasteiger partial charge in [0.15, 0.2) is 0 Å². The molecule has 0 aliphatic carbocycles. The van der Waals surface area contributed by atoms with E-state index in [0.29, 0.717) is 13.2 Å². The van der Waals surface area contributed by atoms with Crippen molar-refractivity contribution >= 4 is 5.97 Å². The average Bonchev–Trinajstić information content (AvgIpc) is 2.26. The van der Waals surface area contributed by atoms with Gasteiger partial charge in [-0.15, -0.1) is 0 Å². The second-order valence-corrected chi connectivity index (χ2v) is 4.61. The van der Waals surface area contributed by atoms with Crippen LogP contribution in [0.3, 0.4) is 0 Å². The zero-order chi connectivity index (χ0) is 12.1. The molecule has 1 aliphatic heterocycles. The number of carbonyl (C=O) groups is 1. The van der Waals surface area contributed by atoms with E-state index in [-0.39, 0.29) is 17.9 Å². The van der Waals surface area contributed by atoms with E-state index in [9.17, 15) is 4.79 Å². The van der Waals surface area contributed by atoms with Crippen molar-refractivity contribution in [2.75, 3.05) is 33.4 Å². The molecular weight excluding hydrogens is 208 g/mol. The van der Waals surface area contributed by atoms with Crippen LogP contribution in [0.2, 0.25) is 0 Å². The minimum atomic E-state index is -0.533. The second-order valence-electron chi connectivity index (χ2n) is 4.61. The smallest absolute Gasteiger partial charge is 0.323 e. The molecule has 2 N–H and O–H groups in total. The Morgan fingerprint density at radius 3 is 2.88 bits per heavy atom. The van der Waals surface area contributed by atoms with Crippen molar-refractivity contribution in [3.05, 3.63) is 0 Å². The van der Waals surface area contributed by atoms with Crippen LogP contribution in [0.15, 0.2) is 0 Å². The summed E-state index contributed by atoms with van der Waals surface area (Å²) < 4.78 is 10.5. The molecule has 0 bridgehead atoms. The Balaban J connectivity index is 2.30. The molecule has 0 saturated carbocycles. The highest BCUT2D eigenvalue weighted by Gasteiger charge is 2.24. The molecule has 1 fully saturated rings. The average molecular weight is 230 g/mol. The summed E-state index contributed by atoms with van der Waals surface area (Å²) >= 11 is 0. The van der Waals surface area contributed by atoms with Crippen LogP contribution in [-0.2, 0) is 14.3 Å². The number of ether oxygens (including phenoxy) is 2. The Morgan fingerprint density at radius 1 is 1.62 bits per heavy atom. The topological polar surface area (TPSA) is 64.8 Å². The molecule has 0 spiro atoms. The fourth-order valence-electron chi connectivity index (χ4n) is 1.46. The summed E-state index contributed by atoms with van der Waals surface area (Å²) in [4.78, 5) is 13.7.